The summed E-state index contributed by atoms with van der Waals surface area (Å²) in [7, 11) is -0.156. The number of rotatable bonds is 10. The van der Waals surface area contributed by atoms with Crippen LogP contribution in [0, 0.1) is 5.82 Å². The van der Waals surface area contributed by atoms with Crippen LogP contribution in [0.1, 0.15) is 63.1 Å². The zero-order chi connectivity index (χ0) is 31.0. The van der Waals surface area contributed by atoms with Crippen LogP contribution in [0.3, 0.4) is 0 Å². The highest BCUT2D eigenvalue weighted by atomic mass is 79.9. The number of aromatic nitrogens is 5. The van der Waals surface area contributed by atoms with E-state index in [2.05, 4.69) is 61.4 Å². The molecule has 0 fully saturated rings. The van der Waals surface area contributed by atoms with Crippen LogP contribution in [0.4, 0.5) is 10.2 Å². The fourth-order valence-corrected chi connectivity index (χ4v) is 5.61. The number of anilines is 1. The summed E-state index contributed by atoms with van der Waals surface area (Å²) < 4.78 is 31.7. The summed E-state index contributed by atoms with van der Waals surface area (Å²) in [6.07, 6.45) is 4.96. The van der Waals surface area contributed by atoms with Crippen molar-refractivity contribution in [3.05, 3.63) is 82.1 Å². The third-order valence-electron chi connectivity index (χ3n) is 7.88. The number of aryl methyl sites for hydroxylation is 2. The molecule has 0 unspecified atom stereocenters. The summed E-state index contributed by atoms with van der Waals surface area (Å²) >= 11 is 3.41. The lowest BCUT2D eigenvalue weighted by atomic mass is 9.93. The second kappa shape index (κ2) is 12.1. The van der Waals surface area contributed by atoms with Crippen LogP contribution < -0.4 is 10.5 Å². The SMILES string of the molecule is C=C(c1cn(CC)nc1CO[Si](C)(C)C(C)(C)C)c1cn(C)nc1-c1ccc(F)cc1[C@@H](C)Oc1cc(Br)cnc1N. The highest BCUT2D eigenvalue weighted by Gasteiger charge is 2.37. The summed E-state index contributed by atoms with van der Waals surface area (Å²) in [5.74, 6) is 0.265. The summed E-state index contributed by atoms with van der Waals surface area (Å²) in [5, 5.41) is 9.69. The summed E-state index contributed by atoms with van der Waals surface area (Å²) in [6.45, 7) is 20.6. The first kappa shape index (κ1) is 31.6. The van der Waals surface area contributed by atoms with Gasteiger partial charge in [0.1, 0.15) is 17.6 Å². The van der Waals surface area contributed by atoms with Crippen molar-refractivity contribution in [1.29, 1.82) is 0 Å². The molecule has 11 heteroatoms. The van der Waals surface area contributed by atoms with E-state index in [-0.39, 0.29) is 16.7 Å². The van der Waals surface area contributed by atoms with E-state index in [1.165, 1.54) is 12.1 Å². The van der Waals surface area contributed by atoms with Gasteiger partial charge < -0.3 is 14.9 Å². The maximum Gasteiger partial charge on any atom is 0.192 e. The van der Waals surface area contributed by atoms with E-state index in [1.54, 1.807) is 23.0 Å². The van der Waals surface area contributed by atoms with Crippen LogP contribution in [-0.2, 0) is 24.6 Å². The molecule has 0 radical (unpaired) electrons. The minimum absolute atomic E-state index is 0.0717. The highest BCUT2D eigenvalue weighted by Crippen LogP contribution is 2.40. The van der Waals surface area contributed by atoms with E-state index in [0.29, 0.717) is 30.2 Å². The molecule has 0 aliphatic heterocycles. The van der Waals surface area contributed by atoms with E-state index in [1.807, 2.05) is 38.0 Å². The van der Waals surface area contributed by atoms with Crippen molar-refractivity contribution in [3.63, 3.8) is 0 Å². The summed E-state index contributed by atoms with van der Waals surface area (Å²) in [5.41, 5.74) is 11.4. The molecular formula is C31H40BrFN6O2Si. The fraction of sp³-hybridized carbons (Fsp3) is 0.387. The van der Waals surface area contributed by atoms with Gasteiger partial charge in [0, 0.05) is 58.9 Å². The lowest BCUT2D eigenvalue weighted by Crippen LogP contribution is -2.40. The molecule has 1 aromatic carbocycles. The van der Waals surface area contributed by atoms with Crippen LogP contribution in [0.2, 0.25) is 18.1 Å². The Labute approximate surface area is 257 Å². The Morgan fingerprint density at radius 1 is 1.17 bits per heavy atom. The molecule has 3 aromatic heterocycles. The average molecular weight is 656 g/mol. The molecule has 8 nitrogen and oxygen atoms in total. The topological polar surface area (TPSA) is 93.0 Å². The van der Waals surface area contributed by atoms with E-state index in [4.69, 9.17) is 25.1 Å². The van der Waals surface area contributed by atoms with Gasteiger partial charge >= 0.3 is 0 Å². The monoisotopic (exact) mass is 654 g/mol. The fourth-order valence-electron chi connectivity index (χ4n) is 4.37. The van der Waals surface area contributed by atoms with Gasteiger partial charge in [0.15, 0.2) is 19.9 Å². The smallest absolute Gasteiger partial charge is 0.192 e. The molecule has 224 valence electrons. The molecular weight excluding hydrogens is 615 g/mol. The maximum atomic E-state index is 14.6. The molecule has 1 atom stereocenters. The molecule has 0 saturated carbocycles. The molecule has 4 rings (SSSR count). The van der Waals surface area contributed by atoms with E-state index >= 15 is 0 Å². The number of hydrogen-bond acceptors (Lipinski definition) is 6. The number of nitrogens with zero attached hydrogens (tertiary/aromatic N) is 5. The van der Waals surface area contributed by atoms with Crippen molar-refractivity contribution in [1.82, 2.24) is 24.5 Å². The van der Waals surface area contributed by atoms with Crippen molar-refractivity contribution in [3.8, 4) is 17.0 Å². The largest absolute Gasteiger partial charge is 0.482 e. The summed E-state index contributed by atoms with van der Waals surface area (Å²) in [6, 6.07) is 6.36. The minimum Gasteiger partial charge on any atom is -0.482 e. The van der Waals surface area contributed by atoms with Crippen molar-refractivity contribution >= 4 is 35.6 Å². The molecule has 2 N–H and O–H groups in total. The van der Waals surface area contributed by atoms with Crippen molar-refractivity contribution in [2.75, 3.05) is 5.73 Å². The third-order valence-corrected chi connectivity index (χ3v) is 12.8. The Bertz CT molecular complexity index is 1610. The van der Waals surface area contributed by atoms with Gasteiger partial charge in [-0.1, -0.05) is 27.4 Å². The summed E-state index contributed by atoms with van der Waals surface area (Å²) in [4.78, 5) is 4.15. The molecule has 0 amide bonds. The van der Waals surface area contributed by atoms with Gasteiger partial charge in [0.05, 0.1) is 12.3 Å². The molecule has 0 spiro atoms. The predicted octanol–water partition coefficient (Wildman–Crippen LogP) is 7.91. The first-order chi connectivity index (χ1) is 19.6. The molecule has 0 bridgehead atoms. The normalized spacial score (nSPS) is 12.9. The number of pyridine rings is 1. The molecule has 0 saturated heterocycles. The number of hydrogen-bond donors (Lipinski definition) is 1. The highest BCUT2D eigenvalue weighted by molar-refractivity contribution is 9.10. The van der Waals surface area contributed by atoms with E-state index in [0.717, 1.165) is 32.4 Å². The van der Waals surface area contributed by atoms with E-state index in [9.17, 15) is 4.39 Å². The van der Waals surface area contributed by atoms with Gasteiger partial charge in [-0.2, -0.15) is 10.2 Å². The zero-order valence-corrected chi connectivity index (χ0v) is 28.2. The predicted molar refractivity (Wildman–Crippen MR) is 172 cm³/mol. The number of nitrogen functional groups attached to an aromatic ring is 1. The Balaban J connectivity index is 1.74. The zero-order valence-electron chi connectivity index (χ0n) is 25.6. The van der Waals surface area contributed by atoms with Gasteiger partial charge in [-0.25, -0.2) is 9.37 Å². The van der Waals surface area contributed by atoms with Crippen molar-refractivity contribution in [2.24, 2.45) is 7.05 Å². The van der Waals surface area contributed by atoms with Gasteiger partial charge in [-0.05, 0) is 77.7 Å². The molecule has 4 aromatic rings. The number of nitrogens with two attached hydrogens (primary N) is 1. The quantitative estimate of drug-likeness (QED) is 0.175. The van der Waals surface area contributed by atoms with Gasteiger partial charge in [-0.3, -0.25) is 9.36 Å². The second-order valence-electron chi connectivity index (χ2n) is 12.0. The van der Waals surface area contributed by atoms with Crippen LogP contribution in [0.5, 0.6) is 5.75 Å². The third kappa shape index (κ3) is 6.68. The molecule has 0 aliphatic carbocycles. The van der Waals surface area contributed by atoms with Gasteiger partial charge in [-0.15, -0.1) is 0 Å². The first-order valence-electron chi connectivity index (χ1n) is 13.9. The average Bonchev–Trinajstić information content (AvgIpc) is 3.52. The van der Waals surface area contributed by atoms with Crippen LogP contribution in [0.25, 0.3) is 16.8 Å². The van der Waals surface area contributed by atoms with Crippen LogP contribution in [-0.4, -0.2) is 32.9 Å². The Kier molecular flexibility index (Phi) is 9.15. The Morgan fingerprint density at radius 2 is 1.88 bits per heavy atom. The number of halogens is 2. The van der Waals surface area contributed by atoms with Gasteiger partial charge in [0.2, 0.25) is 0 Å². The van der Waals surface area contributed by atoms with Crippen molar-refractivity contribution < 1.29 is 13.6 Å². The Hall–Kier alpha value is -3.28. The maximum absolute atomic E-state index is 14.6. The lowest BCUT2D eigenvalue weighted by molar-refractivity contribution is 0.227. The standard InChI is InChI=1S/C31H40BrFN6O2Si/c1-10-39-17-25(27(36-39)18-40-42(8,9)31(4,5)6)19(2)26-16-38(7)37-29(26)23-12-11-22(33)14-24(23)20(3)41-28-13-21(32)15-35-30(28)34/h11-17,20H,2,10,18H2,1,3-9H3,(H2,34,35)/t20-/m1/s1. The molecule has 0 aliphatic rings. The lowest BCUT2D eigenvalue weighted by Gasteiger charge is -2.36. The Morgan fingerprint density at radius 3 is 2.55 bits per heavy atom. The van der Waals surface area contributed by atoms with Crippen LogP contribution >= 0.6 is 15.9 Å². The van der Waals surface area contributed by atoms with E-state index < -0.39 is 14.4 Å². The number of benzene rings is 1. The minimum atomic E-state index is -2.01. The second-order valence-corrected chi connectivity index (χ2v) is 17.7. The molecule has 3 heterocycles. The number of ether oxygens (including phenoxy) is 1. The van der Waals surface area contributed by atoms with Crippen LogP contribution in [0.15, 0.2) is 53.9 Å². The molecule has 42 heavy (non-hydrogen) atoms. The van der Waals surface area contributed by atoms with Gasteiger partial charge in [0.25, 0.3) is 0 Å². The first-order valence-corrected chi connectivity index (χ1v) is 17.6. The van der Waals surface area contributed by atoms with Crippen molar-refractivity contribution in [2.45, 2.75) is 72.0 Å².